The van der Waals surface area contributed by atoms with E-state index in [1.165, 1.54) is 0 Å². The van der Waals surface area contributed by atoms with E-state index in [1.54, 1.807) is 6.20 Å². The molecule has 1 atom stereocenters. The molecule has 0 aliphatic rings. The van der Waals surface area contributed by atoms with E-state index in [9.17, 15) is 0 Å². The number of hydrogen-bond acceptors (Lipinski definition) is 3. The summed E-state index contributed by atoms with van der Waals surface area (Å²) in [7, 11) is 2.01. The number of nitrogen functional groups attached to an aromatic ring is 1. The van der Waals surface area contributed by atoms with Crippen LogP contribution in [0.1, 0.15) is 25.8 Å². The molecule has 84 valence electrons. The second-order valence-electron chi connectivity index (χ2n) is 4.25. The predicted molar refractivity (Wildman–Crippen MR) is 64.7 cm³/mol. The Labute approximate surface area is 92.1 Å². The SMILES string of the molecule is CNC(CCc1cnccc1N)C(C)C. The van der Waals surface area contributed by atoms with Crippen LogP contribution in [-0.2, 0) is 6.42 Å². The minimum atomic E-state index is 0.546. The maximum Gasteiger partial charge on any atom is 0.0377 e. The molecule has 1 unspecified atom stereocenters. The summed E-state index contributed by atoms with van der Waals surface area (Å²) in [5.41, 5.74) is 7.87. The molecule has 0 amide bonds. The second kappa shape index (κ2) is 5.71. The number of nitrogens with two attached hydrogens (primary N) is 1. The second-order valence-corrected chi connectivity index (χ2v) is 4.25. The number of nitrogens with zero attached hydrogens (tertiary/aromatic N) is 1. The Morgan fingerprint density at radius 1 is 1.47 bits per heavy atom. The molecule has 0 radical (unpaired) electrons. The van der Waals surface area contributed by atoms with Gasteiger partial charge in [-0.05, 0) is 37.4 Å². The first-order chi connectivity index (χ1) is 7.15. The maximum atomic E-state index is 5.86. The fraction of sp³-hybridized carbons (Fsp3) is 0.583. The normalized spacial score (nSPS) is 13.1. The van der Waals surface area contributed by atoms with Gasteiger partial charge < -0.3 is 11.1 Å². The zero-order chi connectivity index (χ0) is 11.3. The largest absolute Gasteiger partial charge is 0.398 e. The van der Waals surface area contributed by atoms with Gasteiger partial charge in [0.1, 0.15) is 0 Å². The number of aryl methyl sites for hydroxylation is 1. The maximum absolute atomic E-state index is 5.86. The molecule has 0 saturated carbocycles. The molecule has 0 aliphatic heterocycles. The first-order valence-corrected chi connectivity index (χ1v) is 5.50. The summed E-state index contributed by atoms with van der Waals surface area (Å²) in [6.07, 6.45) is 5.69. The van der Waals surface area contributed by atoms with Crippen molar-refractivity contribution in [1.29, 1.82) is 0 Å². The van der Waals surface area contributed by atoms with Crippen LogP contribution in [0.15, 0.2) is 18.5 Å². The summed E-state index contributed by atoms with van der Waals surface area (Å²) in [6, 6.07) is 2.41. The predicted octanol–water partition coefficient (Wildman–Crippen LogP) is 1.84. The molecule has 1 heterocycles. The quantitative estimate of drug-likeness (QED) is 0.774. The highest BCUT2D eigenvalue weighted by atomic mass is 14.9. The minimum Gasteiger partial charge on any atom is -0.398 e. The van der Waals surface area contributed by atoms with Crippen LogP contribution in [0, 0.1) is 5.92 Å². The Bertz CT molecular complexity index is 297. The van der Waals surface area contributed by atoms with Gasteiger partial charge in [-0.15, -0.1) is 0 Å². The summed E-state index contributed by atoms with van der Waals surface area (Å²) in [5.74, 6) is 0.646. The Kier molecular flexibility index (Phi) is 4.56. The first kappa shape index (κ1) is 12.0. The fourth-order valence-corrected chi connectivity index (χ4v) is 1.77. The van der Waals surface area contributed by atoms with Gasteiger partial charge in [0.05, 0.1) is 0 Å². The molecule has 0 saturated heterocycles. The summed E-state index contributed by atoms with van der Waals surface area (Å²) in [5, 5.41) is 3.33. The molecule has 1 aromatic heterocycles. The van der Waals surface area contributed by atoms with Crippen LogP contribution < -0.4 is 11.1 Å². The van der Waals surface area contributed by atoms with Gasteiger partial charge in [0, 0.05) is 24.1 Å². The molecule has 0 bridgehead atoms. The molecule has 3 nitrogen and oxygen atoms in total. The number of pyridine rings is 1. The zero-order valence-electron chi connectivity index (χ0n) is 9.83. The lowest BCUT2D eigenvalue weighted by atomic mass is 9.97. The Morgan fingerprint density at radius 2 is 2.20 bits per heavy atom. The molecule has 0 fully saturated rings. The number of aromatic nitrogens is 1. The van der Waals surface area contributed by atoms with Crippen molar-refractivity contribution in [3.05, 3.63) is 24.0 Å². The van der Waals surface area contributed by atoms with Crippen molar-refractivity contribution in [3.63, 3.8) is 0 Å². The third-order valence-corrected chi connectivity index (χ3v) is 2.84. The minimum absolute atomic E-state index is 0.546. The molecule has 15 heavy (non-hydrogen) atoms. The first-order valence-electron chi connectivity index (χ1n) is 5.50. The average molecular weight is 207 g/mol. The molecular formula is C12H21N3. The molecule has 0 aliphatic carbocycles. The fourth-order valence-electron chi connectivity index (χ4n) is 1.77. The van der Waals surface area contributed by atoms with Gasteiger partial charge in [-0.25, -0.2) is 0 Å². The van der Waals surface area contributed by atoms with Gasteiger partial charge in [-0.3, -0.25) is 4.98 Å². The van der Waals surface area contributed by atoms with Gasteiger partial charge in [0.25, 0.3) is 0 Å². The average Bonchev–Trinajstić information content (AvgIpc) is 2.21. The van der Waals surface area contributed by atoms with Crippen LogP contribution in [0.4, 0.5) is 5.69 Å². The third kappa shape index (κ3) is 3.51. The van der Waals surface area contributed by atoms with Crippen molar-refractivity contribution in [2.75, 3.05) is 12.8 Å². The zero-order valence-corrected chi connectivity index (χ0v) is 9.83. The molecule has 0 aromatic carbocycles. The monoisotopic (exact) mass is 207 g/mol. The van der Waals surface area contributed by atoms with E-state index in [0.717, 1.165) is 24.1 Å². The Balaban J connectivity index is 2.53. The van der Waals surface area contributed by atoms with Crippen molar-refractivity contribution in [2.45, 2.75) is 32.7 Å². The lowest BCUT2D eigenvalue weighted by molar-refractivity contribution is 0.403. The van der Waals surface area contributed by atoms with Crippen LogP contribution in [0.3, 0.4) is 0 Å². The standard InChI is InChI=1S/C12H21N3/c1-9(2)12(14-3)5-4-10-8-15-7-6-11(10)13/h6-9,12,14H,4-5H2,1-3H3,(H2,13,15). The highest BCUT2D eigenvalue weighted by Gasteiger charge is 2.11. The van der Waals surface area contributed by atoms with Gasteiger partial charge in [-0.1, -0.05) is 13.8 Å². The van der Waals surface area contributed by atoms with E-state index in [2.05, 4.69) is 24.1 Å². The van der Waals surface area contributed by atoms with Crippen molar-refractivity contribution in [2.24, 2.45) is 5.92 Å². The summed E-state index contributed by atoms with van der Waals surface area (Å²) in [6.45, 7) is 4.46. The van der Waals surface area contributed by atoms with E-state index < -0.39 is 0 Å². The lowest BCUT2D eigenvalue weighted by Gasteiger charge is -2.20. The van der Waals surface area contributed by atoms with Crippen LogP contribution >= 0.6 is 0 Å². The van der Waals surface area contributed by atoms with E-state index >= 15 is 0 Å². The Morgan fingerprint density at radius 3 is 2.73 bits per heavy atom. The third-order valence-electron chi connectivity index (χ3n) is 2.84. The van der Waals surface area contributed by atoms with Crippen LogP contribution in [0.5, 0.6) is 0 Å². The number of nitrogens with one attached hydrogen (secondary N) is 1. The van der Waals surface area contributed by atoms with E-state index in [4.69, 9.17) is 5.73 Å². The highest BCUT2D eigenvalue weighted by Crippen LogP contribution is 2.14. The summed E-state index contributed by atoms with van der Waals surface area (Å²) >= 11 is 0. The van der Waals surface area contributed by atoms with Gasteiger partial charge in [0.2, 0.25) is 0 Å². The van der Waals surface area contributed by atoms with Crippen molar-refractivity contribution >= 4 is 5.69 Å². The van der Waals surface area contributed by atoms with Crippen LogP contribution in [0.25, 0.3) is 0 Å². The number of anilines is 1. The molecule has 1 rings (SSSR count). The Hall–Kier alpha value is -1.09. The van der Waals surface area contributed by atoms with Gasteiger partial charge in [0.15, 0.2) is 0 Å². The van der Waals surface area contributed by atoms with E-state index in [0.29, 0.717) is 12.0 Å². The number of hydrogen-bond donors (Lipinski definition) is 2. The van der Waals surface area contributed by atoms with Crippen LogP contribution in [0.2, 0.25) is 0 Å². The van der Waals surface area contributed by atoms with Crippen molar-refractivity contribution in [1.82, 2.24) is 10.3 Å². The molecular weight excluding hydrogens is 186 g/mol. The lowest BCUT2D eigenvalue weighted by Crippen LogP contribution is -2.31. The van der Waals surface area contributed by atoms with Crippen molar-refractivity contribution < 1.29 is 0 Å². The van der Waals surface area contributed by atoms with Gasteiger partial charge >= 0.3 is 0 Å². The molecule has 3 N–H and O–H groups in total. The van der Waals surface area contributed by atoms with Crippen LogP contribution in [-0.4, -0.2) is 18.1 Å². The topological polar surface area (TPSA) is 50.9 Å². The molecule has 0 spiro atoms. The highest BCUT2D eigenvalue weighted by molar-refractivity contribution is 5.44. The summed E-state index contributed by atoms with van der Waals surface area (Å²) in [4.78, 5) is 4.09. The summed E-state index contributed by atoms with van der Waals surface area (Å²) < 4.78 is 0. The number of rotatable bonds is 5. The molecule has 1 aromatic rings. The van der Waals surface area contributed by atoms with Gasteiger partial charge in [-0.2, -0.15) is 0 Å². The van der Waals surface area contributed by atoms with E-state index in [-0.39, 0.29) is 0 Å². The smallest absolute Gasteiger partial charge is 0.0377 e. The molecule has 3 heteroatoms. The van der Waals surface area contributed by atoms with E-state index in [1.807, 2.05) is 19.3 Å². The van der Waals surface area contributed by atoms with Crippen molar-refractivity contribution in [3.8, 4) is 0 Å².